The lowest BCUT2D eigenvalue weighted by atomic mass is 9.98. The van der Waals surface area contributed by atoms with Crippen LogP contribution in [-0.4, -0.2) is 27.1 Å². The van der Waals surface area contributed by atoms with Gasteiger partial charge in [0.25, 0.3) is 11.5 Å². The summed E-state index contributed by atoms with van der Waals surface area (Å²) in [7, 11) is 1.52. The third kappa shape index (κ3) is 2.71. The molecule has 0 radical (unpaired) electrons. The second-order valence-electron chi connectivity index (χ2n) is 6.02. The zero-order valence-electron chi connectivity index (χ0n) is 13.7. The molecule has 2 aromatic rings. The molecule has 3 rings (SSSR count). The number of rotatable bonds is 1. The summed E-state index contributed by atoms with van der Waals surface area (Å²) in [5, 5.41) is 4.47. The lowest BCUT2D eigenvalue weighted by Gasteiger charge is -2.30. The maximum Gasteiger partial charge on any atom is 0.279 e. The normalized spacial score (nSPS) is 13.8. The third-order valence-electron chi connectivity index (χ3n) is 4.47. The van der Waals surface area contributed by atoms with E-state index in [1.54, 1.807) is 18.7 Å². The maximum absolute atomic E-state index is 13.6. The van der Waals surface area contributed by atoms with E-state index < -0.39 is 11.4 Å². The van der Waals surface area contributed by atoms with Gasteiger partial charge in [0.15, 0.2) is 0 Å². The van der Waals surface area contributed by atoms with E-state index in [4.69, 9.17) is 11.6 Å². The molecule has 0 N–H and O–H groups in total. The van der Waals surface area contributed by atoms with Gasteiger partial charge < -0.3 is 4.90 Å². The summed E-state index contributed by atoms with van der Waals surface area (Å²) < 4.78 is 14.8. The molecule has 0 fully saturated rings. The first-order valence-electron chi connectivity index (χ1n) is 7.60. The quantitative estimate of drug-likeness (QED) is 0.794. The Morgan fingerprint density at radius 1 is 1.33 bits per heavy atom. The SMILES string of the molecule is Cc1nn(C)c(=O)c(C(=O)N2CCc3c(Cl)cc(F)cc3C2)c1C. The first kappa shape index (κ1) is 16.6. The van der Waals surface area contributed by atoms with Crippen molar-refractivity contribution in [2.75, 3.05) is 6.54 Å². The Labute approximate surface area is 143 Å². The van der Waals surface area contributed by atoms with E-state index in [1.165, 1.54) is 23.9 Å². The second-order valence-corrected chi connectivity index (χ2v) is 6.42. The lowest BCUT2D eigenvalue weighted by molar-refractivity contribution is 0.0730. The Morgan fingerprint density at radius 2 is 2.04 bits per heavy atom. The van der Waals surface area contributed by atoms with Crippen molar-refractivity contribution in [2.45, 2.75) is 26.8 Å². The highest BCUT2D eigenvalue weighted by Crippen LogP contribution is 2.28. The molecule has 7 heteroatoms. The van der Waals surface area contributed by atoms with Gasteiger partial charge in [-0.1, -0.05) is 11.6 Å². The van der Waals surface area contributed by atoms with Crippen LogP contribution in [0.3, 0.4) is 0 Å². The van der Waals surface area contributed by atoms with E-state index in [1.807, 2.05) is 0 Å². The van der Waals surface area contributed by atoms with Gasteiger partial charge in [-0.05, 0) is 49.1 Å². The minimum atomic E-state index is -0.431. The molecule has 5 nitrogen and oxygen atoms in total. The van der Waals surface area contributed by atoms with Gasteiger partial charge in [-0.15, -0.1) is 0 Å². The van der Waals surface area contributed by atoms with Crippen LogP contribution in [0.4, 0.5) is 4.39 Å². The van der Waals surface area contributed by atoms with Gasteiger partial charge in [-0.3, -0.25) is 9.59 Å². The van der Waals surface area contributed by atoms with Crippen LogP contribution in [0.15, 0.2) is 16.9 Å². The van der Waals surface area contributed by atoms with Crippen molar-refractivity contribution < 1.29 is 9.18 Å². The molecule has 0 saturated carbocycles. The fraction of sp³-hybridized carbons (Fsp3) is 0.353. The molecule has 0 atom stereocenters. The molecular weight excluding hydrogens is 333 g/mol. The highest BCUT2D eigenvalue weighted by atomic mass is 35.5. The number of carbonyl (C=O) groups is 1. The molecule has 1 aliphatic rings. The fourth-order valence-corrected chi connectivity index (χ4v) is 3.36. The van der Waals surface area contributed by atoms with E-state index in [0.717, 1.165) is 5.56 Å². The highest BCUT2D eigenvalue weighted by Gasteiger charge is 2.27. The zero-order valence-corrected chi connectivity index (χ0v) is 14.4. The molecule has 0 spiro atoms. The number of aryl methyl sites for hydroxylation is 2. The summed E-state index contributed by atoms with van der Waals surface area (Å²) in [6.07, 6.45) is 0.531. The predicted octanol–water partition coefficient (Wildman–Crippen LogP) is 2.39. The molecule has 0 aliphatic carbocycles. The van der Waals surface area contributed by atoms with Crippen LogP contribution in [0, 0.1) is 19.7 Å². The maximum atomic E-state index is 13.6. The number of nitrogens with zero attached hydrogens (tertiary/aromatic N) is 3. The largest absolute Gasteiger partial charge is 0.334 e. The van der Waals surface area contributed by atoms with Crippen LogP contribution in [0.5, 0.6) is 0 Å². The summed E-state index contributed by atoms with van der Waals surface area (Å²) in [5.41, 5.74) is 2.44. The van der Waals surface area contributed by atoms with Crippen molar-refractivity contribution in [3.8, 4) is 0 Å². The number of halogens is 2. The molecule has 0 unspecified atom stereocenters. The summed E-state index contributed by atoms with van der Waals surface area (Å²) in [6.45, 7) is 4.13. The Balaban J connectivity index is 2.00. The van der Waals surface area contributed by atoms with E-state index in [9.17, 15) is 14.0 Å². The first-order valence-corrected chi connectivity index (χ1v) is 7.98. The molecule has 1 aromatic heterocycles. The summed E-state index contributed by atoms with van der Waals surface area (Å²) in [6, 6.07) is 2.67. The number of hydrogen-bond donors (Lipinski definition) is 0. The third-order valence-corrected chi connectivity index (χ3v) is 4.81. The Hall–Kier alpha value is -2.21. The van der Waals surface area contributed by atoms with Crippen LogP contribution in [-0.2, 0) is 20.0 Å². The van der Waals surface area contributed by atoms with Crippen molar-refractivity contribution in [3.05, 3.63) is 61.3 Å². The lowest BCUT2D eigenvalue weighted by Crippen LogP contribution is -2.41. The van der Waals surface area contributed by atoms with Crippen LogP contribution in [0.25, 0.3) is 0 Å². The average molecular weight is 350 g/mol. The molecule has 0 bridgehead atoms. The number of carbonyl (C=O) groups excluding carboxylic acids is 1. The van der Waals surface area contributed by atoms with Crippen LogP contribution in [0.2, 0.25) is 5.02 Å². The van der Waals surface area contributed by atoms with Gasteiger partial charge in [-0.2, -0.15) is 5.10 Å². The van der Waals surface area contributed by atoms with Crippen molar-refractivity contribution in [2.24, 2.45) is 7.05 Å². The van der Waals surface area contributed by atoms with E-state index in [-0.39, 0.29) is 18.0 Å². The van der Waals surface area contributed by atoms with Gasteiger partial charge in [0, 0.05) is 25.2 Å². The smallest absolute Gasteiger partial charge is 0.279 e. The number of hydrogen-bond acceptors (Lipinski definition) is 3. The fourth-order valence-electron chi connectivity index (χ4n) is 3.04. The second kappa shape index (κ2) is 6.02. The summed E-state index contributed by atoms with van der Waals surface area (Å²) >= 11 is 6.08. The van der Waals surface area contributed by atoms with Gasteiger partial charge in [-0.25, -0.2) is 9.07 Å². The average Bonchev–Trinajstić information content (AvgIpc) is 2.52. The van der Waals surface area contributed by atoms with E-state index >= 15 is 0 Å². The number of benzene rings is 1. The molecule has 24 heavy (non-hydrogen) atoms. The van der Waals surface area contributed by atoms with Crippen molar-refractivity contribution in [1.82, 2.24) is 14.7 Å². The van der Waals surface area contributed by atoms with Crippen LogP contribution in [0.1, 0.15) is 32.7 Å². The Kier molecular flexibility index (Phi) is 4.17. The zero-order chi connectivity index (χ0) is 17.6. The topological polar surface area (TPSA) is 55.2 Å². The monoisotopic (exact) mass is 349 g/mol. The number of amides is 1. The predicted molar refractivity (Wildman–Crippen MR) is 88.8 cm³/mol. The van der Waals surface area contributed by atoms with Gasteiger partial charge in [0.2, 0.25) is 0 Å². The van der Waals surface area contributed by atoms with Crippen molar-refractivity contribution in [3.63, 3.8) is 0 Å². The molecule has 126 valence electrons. The highest BCUT2D eigenvalue weighted by molar-refractivity contribution is 6.31. The number of fused-ring (bicyclic) bond motifs is 1. The Bertz CT molecular complexity index is 908. The van der Waals surface area contributed by atoms with Gasteiger partial charge >= 0.3 is 0 Å². The molecule has 0 saturated heterocycles. The Morgan fingerprint density at radius 3 is 2.75 bits per heavy atom. The first-order chi connectivity index (χ1) is 11.3. The minimum Gasteiger partial charge on any atom is -0.334 e. The molecule has 1 aromatic carbocycles. The van der Waals surface area contributed by atoms with Crippen LogP contribution >= 0.6 is 11.6 Å². The standard InChI is InChI=1S/C17H17ClFN3O2/c1-9-10(2)20-21(3)16(23)15(9)17(24)22-5-4-13-11(8-22)6-12(19)7-14(13)18/h6-7H,4-5,8H2,1-3H3. The molecule has 1 aliphatic heterocycles. The number of aromatic nitrogens is 2. The summed E-state index contributed by atoms with van der Waals surface area (Å²) in [4.78, 5) is 26.8. The summed E-state index contributed by atoms with van der Waals surface area (Å²) in [5.74, 6) is -0.787. The molecular formula is C17H17ClFN3O2. The van der Waals surface area contributed by atoms with Crippen LogP contribution < -0.4 is 5.56 Å². The molecule has 2 heterocycles. The van der Waals surface area contributed by atoms with Crippen molar-refractivity contribution in [1.29, 1.82) is 0 Å². The van der Waals surface area contributed by atoms with Gasteiger partial charge in [0.05, 0.1) is 5.69 Å². The van der Waals surface area contributed by atoms with E-state index in [0.29, 0.717) is 34.8 Å². The van der Waals surface area contributed by atoms with Gasteiger partial charge in [0.1, 0.15) is 11.4 Å². The van der Waals surface area contributed by atoms with E-state index in [2.05, 4.69) is 5.10 Å². The molecule has 1 amide bonds. The minimum absolute atomic E-state index is 0.121. The van der Waals surface area contributed by atoms with Crippen molar-refractivity contribution >= 4 is 17.5 Å².